The van der Waals surface area contributed by atoms with Crippen LogP contribution in [-0.2, 0) is 0 Å². The quantitative estimate of drug-likeness (QED) is 0.791. The molecular weight excluding hydrogens is 326 g/mol. The molecule has 3 rings (SSSR count). The summed E-state index contributed by atoms with van der Waals surface area (Å²) in [4.78, 5) is 9.83. The fourth-order valence-electron chi connectivity index (χ4n) is 3.29. The van der Waals surface area contributed by atoms with Gasteiger partial charge < -0.3 is 5.32 Å². The van der Waals surface area contributed by atoms with Gasteiger partial charge in [0, 0.05) is 18.4 Å². The number of hydrogen-bond acceptors (Lipinski definition) is 3. The number of anilines is 1. The maximum atomic E-state index is 4.98. The lowest BCUT2D eigenvalue weighted by atomic mass is 9.90. The first-order valence-electron chi connectivity index (χ1n) is 8.60. The molecule has 3 nitrogen and oxygen atoms in total. The number of rotatable bonds is 4. The van der Waals surface area contributed by atoms with E-state index in [9.17, 15) is 0 Å². The Morgan fingerprint density at radius 1 is 0.952 bits per heavy atom. The molecule has 0 aliphatic heterocycles. The third-order valence-corrected chi connectivity index (χ3v) is 5.45. The number of halogens is 1. The Bertz CT molecular complexity index is 477. The summed E-state index contributed by atoms with van der Waals surface area (Å²) in [5, 5.41) is 3.41. The summed E-state index contributed by atoms with van der Waals surface area (Å²) in [5.74, 6) is 3.32. The first-order valence-corrected chi connectivity index (χ1v) is 9.40. The van der Waals surface area contributed by atoms with Crippen molar-refractivity contribution >= 4 is 21.7 Å². The van der Waals surface area contributed by atoms with E-state index >= 15 is 0 Å². The van der Waals surface area contributed by atoms with Crippen molar-refractivity contribution in [3.05, 3.63) is 16.0 Å². The van der Waals surface area contributed by atoms with Gasteiger partial charge in [-0.15, -0.1) is 0 Å². The van der Waals surface area contributed by atoms with E-state index in [1.807, 2.05) is 0 Å². The molecule has 21 heavy (non-hydrogen) atoms. The van der Waals surface area contributed by atoms with Gasteiger partial charge in [-0.3, -0.25) is 0 Å². The van der Waals surface area contributed by atoms with E-state index < -0.39 is 0 Å². The smallest absolute Gasteiger partial charge is 0.144 e. The van der Waals surface area contributed by atoms with Crippen molar-refractivity contribution in [2.24, 2.45) is 0 Å². The molecule has 0 aromatic carbocycles. The average molecular weight is 352 g/mol. The molecule has 4 heteroatoms. The first-order chi connectivity index (χ1) is 10.3. The standard InChI is InChI=1S/C17H26BrN3/c1-2-19-17-14(18)15(12-10-11-12)20-16(21-17)13-8-6-4-3-5-7-9-13/h12-13H,2-11H2,1H3,(H,19,20,21). The molecule has 0 unspecified atom stereocenters. The monoisotopic (exact) mass is 351 g/mol. The summed E-state index contributed by atoms with van der Waals surface area (Å²) in [6.07, 6.45) is 11.9. The molecule has 2 fully saturated rings. The van der Waals surface area contributed by atoms with E-state index in [0.29, 0.717) is 11.8 Å². The zero-order valence-electron chi connectivity index (χ0n) is 13.0. The van der Waals surface area contributed by atoms with Crippen LogP contribution in [0.2, 0.25) is 0 Å². The van der Waals surface area contributed by atoms with Crippen molar-refractivity contribution in [3.8, 4) is 0 Å². The van der Waals surface area contributed by atoms with Gasteiger partial charge in [-0.2, -0.15) is 0 Å². The van der Waals surface area contributed by atoms with Gasteiger partial charge in [0.25, 0.3) is 0 Å². The van der Waals surface area contributed by atoms with Crippen LogP contribution in [0, 0.1) is 0 Å². The van der Waals surface area contributed by atoms with E-state index in [-0.39, 0.29) is 0 Å². The van der Waals surface area contributed by atoms with E-state index in [1.165, 1.54) is 63.5 Å². The third kappa shape index (κ3) is 3.77. The SMILES string of the molecule is CCNc1nc(C2CCCCCCC2)nc(C2CC2)c1Br. The molecule has 0 bridgehead atoms. The van der Waals surface area contributed by atoms with Crippen LogP contribution in [0.4, 0.5) is 5.82 Å². The molecule has 2 aliphatic rings. The Hall–Kier alpha value is -0.640. The highest BCUT2D eigenvalue weighted by atomic mass is 79.9. The van der Waals surface area contributed by atoms with Gasteiger partial charge >= 0.3 is 0 Å². The lowest BCUT2D eigenvalue weighted by molar-refractivity contribution is 0.441. The fraction of sp³-hybridized carbons (Fsp3) is 0.765. The molecule has 1 heterocycles. The van der Waals surface area contributed by atoms with E-state index in [0.717, 1.165) is 22.7 Å². The van der Waals surface area contributed by atoms with Gasteiger partial charge in [-0.1, -0.05) is 32.1 Å². The van der Waals surface area contributed by atoms with Gasteiger partial charge in [0.05, 0.1) is 10.2 Å². The maximum Gasteiger partial charge on any atom is 0.144 e. The second-order valence-electron chi connectivity index (χ2n) is 6.48. The lowest BCUT2D eigenvalue weighted by Crippen LogP contribution is -2.12. The summed E-state index contributed by atoms with van der Waals surface area (Å²) in [5.41, 5.74) is 1.25. The Morgan fingerprint density at radius 2 is 1.62 bits per heavy atom. The third-order valence-electron chi connectivity index (χ3n) is 4.67. The highest BCUT2D eigenvalue weighted by Gasteiger charge is 2.30. The molecule has 2 saturated carbocycles. The van der Waals surface area contributed by atoms with Crippen LogP contribution in [-0.4, -0.2) is 16.5 Å². The molecule has 0 atom stereocenters. The van der Waals surface area contributed by atoms with Crippen molar-refractivity contribution in [1.82, 2.24) is 9.97 Å². The Labute approximate surface area is 136 Å². The largest absolute Gasteiger partial charge is 0.369 e. The Morgan fingerprint density at radius 3 is 2.24 bits per heavy atom. The van der Waals surface area contributed by atoms with Crippen molar-refractivity contribution in [2.75, 3.05) is 11.9 Å². The van der Waals surface area contributed by atoms with Gasteiger partial charge in [0.2, 0.25) is 0 Å². The second kappa shape index (κ2) is 7.08. The van der Waals surface area contributed by atoms with Gasteiger partial charge in [-0.25, -0.2) is 9.97 Å². The summed E-state index contributed by atoms with van der Waals surface area (Å²) < 4.78 is 1.10. The predicted molar refractivity (Wildman–Crippen MR) is 90.9 cm³/mol. The van der Waals surface area contributed by atoms with Crippen LogP contribution >= 0.6 is 15.9 Å². The van der Waals surface area contributed by atoms with Crippen molar-refractivity contribution in [1.29, 1.82) is 0 Å². The minimum Gasteiger partial charge on any atom is -0.369 e. The van der Waals surface area contributed by atoms with Crippen LogP contribution in [0.3, 0.4) is 0 Å². The average Bonchev–Trinajstić information content (AvgIpc) is 3.26. The van der Waals surface area contributed by atoms with Crippen molar-refractivity contribution in [3.63, 3.8) is 0 Å². The molecule has 1 N–H and O–H groups in total. The van der Waals surface area contributed by atoms with Gasteiger partial charge in [-0.05, 0) is 48.5 Å². The van der Waals surface area contributed by atoms with E-state index in [1.54, 1.807) is 0 Å². The molecule has 1 aromatic heterocycles. The molecule has 116 valence electrons. The predicted octanol–water partition coefficient (Wildman–Crippen LogP) is 5.38. The fourth-order valence-corrected chi connectivity index (χ4v) is 3.93. The van der Waals surface area contributed by atoms with Gasteiger partial charge in [0.15, 0.2) is 0 Å². The van der Waals surface area contributed by atoms with E-state index in [2.05, 4.69) is 28.2 Å². The summed E-state index contributed by atoms with van der Waals surface area (Å²) in [6.45, 7) is 3.03. The lowest BCUT2D eigenvalue weighted by Gasteiger charge is -2.20. The summed E-state index contributed by atoms with van der Waals surface area (Å²) >= 11 is 3.72. The van der Waals surface area contributed by atoms with Crippen molar-refractivity contribution in [2.45, 2.75) is 76.5 Å². The summed E-state index contributed by atoms with van der Waals surface area (Å²) in [7, 11) is 0. The molecule has 1 aromatic rings. The highest BCUT2D eigenvalue weighted by Crippen LogP contribution is 2.44. The zero-order chi connectivity index (χ0) is 14.7. The van der Waals surface area contributed by atoms with Crippen LogP contribution in [0.5, 0.6) is 0 Å². The number of hydrogen-bond donors (Lipinski definition) is 1. The minimum atomic E-state index is 0.563. The molecule has 0 amide bonds. The summed E-state index contributed by atoms with van der Waals surface area (Å²) in [6, 6.07) is 0. The Kier molecular flexibility index (Phi) is 5.15. The van der Waals surface area contributed by atoms with Crippen LogP contribution in [0.15, 0.2) is 4.47 Å². The van der Waals surface area contributed by atoms with Crippen LogP contribution in [0.25, 0.3) is 0 Å². The second-order valence-corrected chi connectivity index (χ2v) is 7.27. The topological polar surface area (TPSA) is 37.8 Å². The first kappa shape index (κ1) is 15.3. The van der Waals surface area contributed by atoms with Crippen LogP contribution < -0.4 is 5.32 Å². The normalized spacial score (nSPS) is 20.9. The molecule has 0 saturated heterocycles. The van der Waals surface area contributed by atoms with E-state index in [4.69, 9.17) is 9.97 Å². The number of aromatic nitrogens is 2. The molecule has 2 aliphatic carbocycles. The maximum absolute atomic E-state index is 4.98. The van der Waals surface area contributed by atoms with Gasteiger partial charge in [0.1, 0.15) is 11.6 Å². The Balaban J connectivity index is 1.88. The minimum absolute atomic E-state index is 0.563. The zero-order valence-corrected chi connectivity index (χ0v) is 14.6. The van der Waals surface area contributed by atoms with Crippen LogP contribution in [0.1, 0.15) is 88.1 Å². The number of nitrogens with zero attached hydrogens (tertiary/aromatic N) is 2. The molecular formula is C17H26BrN3. The molecule has 0 radical (unpaired) electrons. The highest BCUT2D eigenvalue weighted by molar-refractivity contribution is 9.10. The number of nitrogens with one attached hydrogen (secondary N) is 1. The molecule has 0 spiro atoms. The van der Waals surface area contributed by atoms with Crippen molar-refractivity contribution < 1.29 is 0 Å².